The molecule has 152 valence electrons. The Labute approximate surface area is 183 Å². The first-order valence-corrected chi connectivity index (χ1v) is 8.77. The van der Waals surface area contributed by atoms with Crippen LogP contribution in [0.15, 0.2) is 54.9 Å². The summed E-state index contributed by atoms with van der Waals surface area (Å²) in [6, 6.07) is 14.0. The molecule has 0 spiro atoms. The van der Waals surface area contributed by atoms with E-state index < -0.39 is 0 Å². The standard InChI is InChI=1S/C19H22N6.3ClH/c1-2-4-17(5-3-1)23-25-18(14-15-6-10-20-11-7-15)22-19(24-25)16-8-12-21-13-9-16;;;/h1-5,8-9,12-13,15,20,23H,6-7,10-11,14H2;3*1H. The highest BCUT2D eigenvalue weighted by Gasteiger charge is 2.19. The van der Waals surface area contributed by atoms with E-state index in [-0.39, 0.29) is 37.2 Å². The lowest BCUT2D eigenvalue weighted by molar-refractivity contribution is 0.364. The summed E-state index contributed by atoms with van der Waals surface area (Å²) < 4.78 is 0. The molecule has 1 saturated heterocycles. The molecule has 3 aromatic rings. The Morgan fingerprint density at radius 2 is 1.64 bits per heavy atom. The zero-order valence-electron chi connectivity index (χ0n) is 15.3. The van der Waals surface area contributed by atoms with E-state index in [1.807, 2.05) is 47.3 Å². The monoisotopic (exact) mass is 442 g/mol. The highest BCUT2D eigenvalue weighted by atomic mass is 35.5. The molecule has 0 unspecified atom stereocenters. The highest BCUT2D eigenvalue weighted by molar-refractivity contribution is 5.86. The molecule has 0 aliphatic carbocycles. The molecule has 3 heterocycles. The van der Waals surface area contributed by atoms with Crippen LogP contribution < -0.4 is 10.7 Å². The van der Waals surface area contributed by atoms with Crippen molar-refractivity contribution in [2.24, 2.45) is 5.92 Å². The molecule has 28 heavy (non-hydrogen) atoms. The summed E-state index contributed by atoms with van der Waals surface area (Å²) >= 11 is 0. The topological polar surface area (TPSA) is 67.7 Å². The number of halogens is 3. The molecular formula is C19H25Cl3N6. The van der Waals surface area contributed by atoms with Gasteiger partial charge in [-0.2, -0.15) is 4.79 Å². The minimum absolute atomic E-state index is 0. The molecule has 1 aromatic carbocycles. The van der Waals surface area contributed by atoms with Crippen LogP contribution in [-0.2, 0) is 6.42 Å². The van der Waals surface area contributed by atoms with Crippen molar-refractivity contribution >= 4 is 42.9 Å². The van der Waals surface area contributed by atoms with E-state index in [0.29, 0.717) is 5.92 Å². The largest absolute Gasteiger partial charge is 0.317 e. The number of benzene rings is 1. The number of nitrogens with zero attached hydrogens (tertiary/aromatic N) is 4. The highest BCUT2D eigenvalue weighted by Crippen LogP contribution is 2.20. The van der Waals surface area contributed by atoms with Crippen molar-refractivity contribution in [3.05, 3.63) is 60.7 Å². The second-order valence-corrected chi connectivity index (χ2v) is 6.37. The fraction of sp³-hybridized carbons (Fsp3) is 0.316. The number of pyridine rings is 1. The summed E-state index contributed by atoms with van der Waals surface area (Å²) in [5.74, 6) is 2.35. The van der Waals surface area contributed by atoms with E-state index in [9.17, 15) is 0 Å². The van der Waals surface area contributed by atoms with Crippen molar-refractivity contribution in [1.82, 2.24) is 25.2 Å². The Balaban J connectivity index is 0.00000131. The molecule has 0 saturated carbocycles. The fourth-order valence-corrected chi connectivity index (χ4v) is 3.17. The van der Waals surface area contributed by atoms with E-state index in [1.54, 1.807) is 12.4 Å². The van der Waals surface area contributed by atoms with E-state index in [0.717, 1.165) is 42.4 Å². The van der Waals surface area contributed by atoms with Crippen LogP contribution in [0.1, 0.15) is 18.7 Å². The van der Waals surface area contributed by atoms with Crippen molar-refractivity contribution < 1.29 is 0 Å². The van der Waals surface area contributed by atoms with Crippen molar-refractivity contribution in [2.45, 2.75) is 19.3 Å². The Morgan fingerprint density at radius 1 is 0.964 bits per heavy atom. The van der Waals surface area contributed by atoms with Gasteiger partial charge in [0.15, 0.2) is 11.6 Å². The predicted octanol–water partition coefficient (Wildman–Crippen LogP) is 4.02. The maximum Gasteiger partial charge on any atom is 0.183 e. The van der Waals surface area contributed by atoms with Gasteiger partial charge in [0, 0.05) is 24.4 Å². The van der Waals surface area contributed by atoms with Crippen LogP contribution in [0.25, 0.3) is 11.4 Å². The minimum atomic E-state index is 0. The summed E-state index contributed by atoms with van der Waals surface area (Å²) in [6.07, 6.45) is 6.84. The number of para-hydroxylation sites is 1. The van der Waals surface area contributed by atoms with E-state index in [4.69, 9.17) is 10.1 Å². The Bertz CT molecular complexity index is 807. The smallest absolute Gasteiger partial charge is 0.183 e. The van der Waals surface area contributed by atoms with Gasteiger partial charge in [-0.1, -0.05) is 18.2 Å². The molecule has 2 aromatic heterocycles. The van der Waals surface area contributed by atoms with Gasteiger partial charge in [0.05, 0.1) is 5.69 Å². The van der Waals surface area contributed by atoms with Crippen LogP contribution in [0.4, 0.5) is 5.69 Å². The molecule has 1 aliphatic heterocycles. The Hall–Kier alpha value is -1.86. The van der Waals surface area contributed by atoms with E-state index >= 15 is 0 Å². The lowest BCUT2D eigenvalue weighted by Gasteiger charge is -2.22. The van der Waals surface area contributed by atoms with Crippen molar-refractivity contribution in [3.63, 3.8) is 0 Å². The molecule has 0 atom stereocenters. The second kappa shape index (κ2) is 11.9. The number of rotatable bonds is 5. The second-order valence-electron chi connectivity index (χ2n) is 6.37. The van der Waals surface area contributed by atoms with E-state index in [1.165, 1.54) is 12.8 Å². The quantitative estimate of drug-likeness (QED) is 0.623. The van der Waals surface area contributed by atoms with Gasteiger partial charge < -0.3 is 5.32 Å². The normalized spacial score (nSPS) is 13.6. The maximum atomic E-state index is 4.81. The van der Waals surface area contributed by atoms with Gasteiger partial charge in [0.2, 0.25) is 0 Å². The molecule has 6 nitrogen and oxygen atoms in total. The van der Waals surface area contributed by atoms with Gasteiger partial charge in [0.25, 0.3) is 0 Å². The molecule has 1 fully saturated rings. The average molecular weight is 444 g/mol. The molecule has 0 amide bonds. The third-order valence-electron chi connectivity index (χ3n) is 4.55. The molecule has 1 aliphatic rings. The molecular weight excluding hydrogens is 419 g/mol. The van der Waals surface area contributed by atoms with E-state index in [2.05, 4.69) is 15.7 Å². The summed E-state index contributed by atoms with van der Waals surface area (Å²) in [5, 5.41) is 8.11. The average Bonchev–Trinajstić information content (AvgIpc) is 3.06. The van der Waals surface area contributed by atoms with Gasteiger partial charge in [-0.25, -0.2) is 4.98 Å². The molecule has 0 bridgehead atoms. The first-order chi connectivity index (χ1) is 12.4. The summed E-state index contributed by atoms with van der Waals surface area (Å²) in [6.45, 7) is 2.17. The van der Waals surface area contributed by atoms with Gasteiger partial charge >= 0.3 is 0 Å². The minimum Gasteiger partial charge on any atom is -0.317 e. The van der Waals surface area contributed by atoms with Crippen LogP contribution >= 0.6 is 37.2 Å². The molecule has 0 radical (unpaired) electrons. The first-order valence-electron chi connectivity index (χ1n) is 8.77. The van der Waals surface area contributed by atoms with Crippen LogP contribution in [0.3, 0.4) is 0 Å². The number of hydrogen-bond acceptors (Lipinski definition) is 5. The summed E-state index contributed by atoms with van der Waals surface area (Å²) in [4.78, 5) is 10.7. The zero-order valence-corrected chi connectivity index (χ0v) is 17.8. The van der Waals surface area contributed by atoms with Crippen molar-refractivity contribution in [1.29, 1.82) is 0 Å². The third kappa shape index (κ3) is 6.07. The van der Waals surface area contributed by atoms with Gasteiger partial charge in [-0.15, -0.1) is 42.3 Å². The number of aromatic nitrogens is 4. The summed E-state index contributed by atoms with van der Waals surface area (Å²) in [5.41, 5.74) is 5.35. The van der Waals surface area contributed by atoms with Crippen LogP contribution in [-0.4, -0.2) is 32.9 Å². The fourth-order valence-electron chi connectivity index (χ4n) is 3.17. The molecule has 4 rings (SSSR count). The predicted molar refractivity (Wildman–Crippen MR) is 120 cm³/mol. The summed E-state index contributed by atoms with van der Waals surface area (Å²) in [7, 11) is 0. The Kier molecular flexibility index (Phi) is 10.2. The number of anilines is 1. The van der Waals surface area contributed by atoms with Gasteiger partial charge in [-0.05, 0) is 56.1 Å². The SMILES string of the molecule is Cl.Cl.Cl.c1ccc(Nn2nc(-c3ccncc3)nc2CC2CCNCC2)cc1. The lowest BCUT2D eigenvalue weighted by atomic mass is 9.94. The Morgan fingerprint density at radius 3 is 2.32 bits per heavy atom. The maximum absolute atomic E-state index is 4.81. The number of hydrogen-bond donors (Lipinski definition) is 2. The van der Waals surface area contributed by atoms with Crippen LogP contribution in [0, 0.1) is 5.92 Å². The lowest BCUT2D eigenvalue weighted by Crippen LogP contribution is -2.29. The third-order valence-corrected chi connectivity index (χ3v) is 4.55. The molecule has 9 heteroatoms. The van der Waals surface area contributed by atoms with Crippen LogP contribution in [0.2, 0.25) is 0 Å². The van der Waals surface area contributed by atoms with Gasteiger partial charge in [0.1, 0.15) is 0 Å². The van der Waals surface area contributed by atoms with Crippen molar-refractivity contribution in [2.75, 3.05) is 18.5 Å². The molecule has 2 N–H and O–H groups in total. The number of nitrogens with one attached hydrogen (secondary N) is 2. The van der Waals surface area contributed by atoms with Gasteiger partial charge in [-0.3, -0.25) is 10.4 Å². The van der Waals surface area contributed by atoms with Crippen LogP contribution in [0.5, 0.6) is 0 Å². The first kappa shape index (κ1) is 24.2. The number of piperidine rings is 1. The van der Waals surface area contributed by atoms with Crippen molar-refractivity contribution in [3.8, 4) is 11.4 Å². The zero-order chi connectivity index (χ0) is 16.9.